The second-order valence-electron chi connectivity index (χ2n) is 7.03. The summed E-state index contributed by atoms with van der Waals surface area (Å²) in [7, 11) is 1.04. The van der Waals surface area contributed by atoms with Crippen LogP contribution in [-0.2, 0) is 38.1 Å². The summed E-state index contributed by atoms with van der Waals surface area (Å²) < 4.78 is 58.0. The summed E-state index contributed by atoms with van der Waals surface area (Å²) in [5.74, 6) is -2.88. The first-order chi connectivity index (χ1) is 15.0. The Kier molecular flexibility index (Phi) is 8.34. The molecular weight excluding hydrogens is 432 g/mol. The van der Waals surface area contributed by atoms with Gasteiger partial charge in [-0.05, 0) is 29.3 Å². The molecule has 0 spiro atoms. The summed E-state index contributed by atoms with van der Waals surface area (Å²) in [6, 6.07) is 7.38. The van der Waals surface area contributed by atoms with Gasteiger partial charge in [-0.3, -0.25) is 9.59 Å². The SMILES string of the molecule is COC(=O)[C@@H](Cc1ccccc1C(F)(F)F)NC(=O)[C@@H](Cc1cccc(F)c1)NC(C)=O. The van der Waals surface area contributed by atoms with Gasteiger partial charge in [0.15, 0.2) is 0 Å². The summed E-state index contributed by atoms with van der Waals surface area (Å²) in [5, 5.41) is 4.75. The summed E-state index contributed by atoms with van der Waals surface area (Å²) in [6.07, 6.45) is -5.24. The van der Waals surface area contributed by atoms with Gasteiger partial charge >= 0.3 is 12.1 Å². The average molecular weight is 454 g/mol. The van der Waals surface area contributed by atoms with Crippen molar-refractivity contribution < 1.29 is 36.7 Å². The second-order valence-corrected chi connectivity index (χ2v) is 7.03. The lowest BCUT2D eigenvalue weighted by Crippen LogP contribution is -2.53. The van der Waals surface area contributed by atoms with E-state index in [0.717, 1.165) is 13.2 Å². The zero-order chi connectivity index (χ0) is 23.9. The number of halogens is 4. The number of carbonyl (C=O) groups excluding carboxylic acids is 3. The smallest absolute Gasteiger partial charge is 0.416 e. The molecule has 0 aliphatic rings. The topological polar surface area (TPSA) is 84.5 Å². The monoisotopic (exact) mass is 454 g/mol. The van der Waals surface area contributed by atoms with E-state index < -0.39 is 53.8 Å². The highest BCUT2D eigenvalue weighted by atomic mass is 19.4. The Morgan fingerprint density at radius 2 is 1.66 bits per heavy atom. The van der Waals surface area contributed by atoms with Crippen molar-refractivity contribution in [3.63, 3.8) is 0 Å². The molecular formula is C22H22F4N2O4. The van der Waals surface area contributed by atoms with Gasteiger partial charge in [-0.1, -0.05) is 30.3 Å². The molecule has 0 aliphatic heterocycles. The van der Waals surface area contributed by atoms with E-state index in [-0.39, 0.29) is 12.0 Å². The van der Waals surface area contributed by atoms with Gasteiger partial charge < -0.3 is 15.4 Å². The summed E-state index contributed by atoms with van der Waals surface area (Å²) >= 11 is 0. The molecule has 2 aromatic carbocycles. The highest BCUT2D eigenvalue weighted by Crippen LogP contribution is 2.32. The number of hydrogen-bond donors (Lipinski definition) is 2. The Hall–Kier alpha value is -3.43. The number of carbonyl (C=O) groups is 3. The lowest BCUT2D eigenvalue weighted by molar-refractivity contribution is -0.146. The van der Waals surface area contributed by atoms with E-state index >= 15 is 0 Å². The van der Waals surface area contributed by atoms with Crippen molar-refractivity contribution in [2.75, 3.05) is 7.11 Å². The normalized spacial score (nSPS) is 13.1. The molecule has 2 N–H and O–H groups in total. The van der Waals surface area contributed by atoms with Gasteiger partial charge in [0.05, 0.1) is 12.7 Å². The standard InChI is InChI=1S/C22H22F4N2O4/c1-13(29)27-18(11-14-6-5-8-16(23)10-14)20(30)28-19(21(31)32-2)12-15-7-3-4-9-17(15)22(24,25)26/h3-10,18-19H,11-12H2,1-2H3,(H,27,29)(H,28,30)/t18-,19-/m1/s1. The van der Waals surface area contributed by atoms with Gasteiger partial charge in [-0.25, -0.2) is 9.18 Å². The van der Waals surface area contributed by atoms with E-state index in [0.29, 0.717) is 5.56 Å². The van der Waals surface area contributed by atoms with Gasteiger partial charge in [0.25, 0.3) is 0 Å². The number of benzene rings is 2. The molecule has 0 unspecified atom stereocenters. The van der Waals surface area contributed by atoms with Gasteiger partial charge in [-0.2, -0.15) is 13.2 Å². The fourth-order valence-electron chi connectivity index (χ4n) is 3.16. The van der Waals surface area contributed by atoms with Crippen LogP contribution in [0.1, 0.15) is 23.6 Å². The molecule has 0 fully saturated rings. The minimum Gasteiger partial charge on any atom is -0.467 e. The van der Waals surface area contributed by atoms with E-state index in [4.69, 9.17) is 0 Å². The van der Waals surface area contributed by atoms with E-state index in [1.165, 1.54) is 43.3 Å². The Balaban J connectivity index is 2.27. The Labute approximate surface area is 181 Å². The highest BCUT2D eigenvalue weighted by molar-refractivity contribution is 5.90. The molecule has 10 heteroatoms. The molecule has 2 rings (SSSR count). The Morgan fingerprint density at radius 3 is 2.25 bits per heavy atom. The zero-order valence-corrected chi connectivity index (χ0v) is 17.3. The number of methoxy groups -OCH3 is 1. The fourth-order valence-corrected chi connectivity index (χ4v) is 3.16. The van der Waals surface area contributed by atoms with Gasteiger partial charge in [0.1, 0.15) is 17.9 Å². The maximum atomic E-state index is 13.5. The van der Waals surface area contributed by atoms with Gasteiger partial charge in [0, 0.05) is 19.8 Å². The lowest BCUT2D eigenvalue weighted by atomic mass is 9.99. The van der Waals surface area contributed by atoms with Crippen LogP contribution in [0.25, 0.3) is 0 Å². The number of esters is 1. The number of ether oxygens (including phenoxy) is 1. The number of alkyl halides is 3. The average Bonchev–Trinajstić information content (AvgIpc) is 2.71. The van der Waals surface area contributed by atoms with E-state index in [9.17, 15) is 31.9 Å². The third kappa shape index (κ3) is 7.07. The Bertz CT molecular complexity index is 978. The van der Waals surface area contributed by atoms with Crippen molar-refractivity contribution in [3.05, 3.63) is 71.0 Å². The van der Waals surface area contributed by atoms with Crippen LogP contribution in [0.3, 0.4) is 0 Å². The highest BCUT2D eigenvalue weighted by Gasteiger charge is 2.35. The predicted molar refractivity (Wildman–Crippen MR) is 107 cm³/mol. The molecule has 6 nitrogen and oxygen atoms in total. The van der Waals surface area contributed by atoms with Crippen molar-refractivity contribution in [2.45, 2.75) is 38.0 Å². The van der Waals surface area contributed by atoms with Crippen LogP contribution in [0.5, 0.6) is 0 Å². The zero-order valence-electron chi connectivity index (χ0n) is 17.3. The van der Waals surface area contributed by atoms with Crippen LogP contribution < -0.4 is 10.6 Å². The van der Waals surface area contributed by atoms with Gasteiger partial charge in [0.2, 0.25) is 11.8 Å². The number of rotatable bonds is 8. The van der Waals surface area contributed by atoms with E-state index in [1.54, 1.807) is 6.07 Å². The minimum absolute atomic E-state index is 0.101. The third-order valence-electron chi connectivity index (χ3n) is 4.57. The van der Waals surface area contributed by atoms with Crippen LogP contribution in [0.15, 0.2) is 48.5 Å². The Morgan fingerprint density at radius 1 is 0.969 bits per heavy atom. The van der Waals surface area contributed by atoms with E-state index in [2.05, 4.69) is 15.4 Å². The molecule has 0 aromatic heterocycles. The fraction of sp³-hybridized carbons (Fsp3) is 0.318. The summed E-state index contributed by atoms with van der Waals surface area (Å²) in [6.45, 7) is 1.17. The largest absolute Gasteiger partial charge is 0.467 e. The van der Waals surface area contributed by atoms with Crippen LogP contribution >= 0.6 is 0 Å². The van der Waals surface area contributed by atoms with Crippen LogP contribution in [0.4, 0.5) is 17.6 Å². The minimum atomic E-state index is -4.66. The van der Waals surface area contributed by atoms with Crippen molar-refractivity contribution in [1.82, 2.24) is 10.6 Å². The second kappa shape index (κ2) is 10.7. The van der Waals surface area contributed by atoms with Crippen molar-refractivity contribution in [2.24, 2.45) is 0 Å². The first-order valence-corrected chi connectivity index (χ1v) is 9.56. The maximum Gasteiger partial charge on any atom is 0.416 e. The first-order valence-electron chi connectivity index (χ1n) is 9.56. The number of amides is 2. The van der Waals surface area contributed by atoms with Crippen molar-refractivity contribution in [3.8, 4) is 0 Å². The molecule has 0 radical (unpaired) electrons. The maximum absolute atomic E-state index is 13.5. The molecule has 2 amide bonds. The summed E-state index contributed by atoms with van der Waals surface area (Å²) in [4.78, 5) is 36.6. The quantitative estimate of drug-likeness (QED) is 0.475. The summed E-state index contributed by atoms with van der Waals surface area (Å²) in [5.41, 5.74) is -0.755. The molecule has 2 aromatic rings. The van der Waals surface area contributed by atoms with Crippen LogP contribution in [0.2, 0.25) is 0 Å². The molecule has 172 valence electrons. The number of hydrogen-bond acceptors (Lipinski definition) is 4. The molecule has 0 saturated heterocycles. The van der Waals surface area contributed by atoms with Crippen LogP contribution in [0, 0.1) is 5.82 Å². The van der Waals surface area contributed by atoms with Crippen molar-refractivity contribution >= 4 is 17.8 Å². The van der Waals surface area contributed by atoms with E-state index in [1.807, 2.05) is 0 Å². The molecule has 0 saturated carbocycles. The molecule has 0 aliphatic carbocycles. The van der Waals surface area contributed by atoms with Crippen LogP contribution in [-0.4, -0.2) is 37.0 Å². The van der Waals surface area contributed by atoms with Gasteiger partial charge in [-0.15, -0.1) is 0 Å². The molecule has 2 atom stereocenters. The number of nitrogens with one attached hydrogen (secondary N) is 2. The molecule has 0 heterocycles. The molecule has 32 heavy (non-hydrogen) atoms. The predicted octanol–water partition coefficient (Wildman–Crippen LogP) is 2.79. The first kappa shape index (κ1) is 24.8. The molecule has 0 bridgehead atoms. The third-order valence-corrected chi connectivity index (χ3v) is 4.57. The lowest BCUT2D eigenvalue weighted by Gasteiger charge is -2.23. The van der Waals surface area contributed by atoms with Crippen molar-refractivity contribution in [1.29, 1.82) is 0 Å².